The summed E-state index contributed by atoms with van der Waals surface area (Å²) >= 11 is 1.13. The van der Waals surface area contributed by atoms with E-state index in [0.717, 1.165) is 22.9 Å². The van der Waals surface area contributed by atoms with E-state index in [9.17, 15) is 9.59 Å². The van der Waals surface area contributed by atoms with Gasteiger partial charge in [-0.3, -0.25) is 4.79 Å². The van der Waals surface area contributed by atoms with Crippen molar-refractivity contribution >= 4 is 35.3 Å². The summed E-state index contributed by atoms with van der Waals surface area (Å²) in [7, 11) is 1.32. The third-order valence-electron chi connectivity index (χ3n) is 4.11. The summed E-state index contributed by atoms with van der Waals surface area (Å²) in [6.07, 6.45) is 0.432. The van der Waals surface area contributed by atoms with Crippen LogP contribution < -0.4 is 11.5 Å². The van der Waals surface area contributed by atoms with Gasteiger partial charge < -0.3 is 21.1 Å². The first-order valence-electron chi connectivity index (χ1n) is 7.95. The summed E-state index contributed by atoms with van der Waals surface area (Å²) in [5.74, 6) is -0.0798. The van der Waals surface area contributed by atoms with Gasteiger partial charge in [0.1, 0.15) is 17.7 Å². The van der Waals surface area contributed by atoms with Crippen LogP contribution in [0.5, 0.6) is 0 Å². The zero-order valence-corrected chi connectivity index (χ0v) is 15.0. The van der Waals surface area contributed by atoms with Gasteiger partial charge in [0.25, 0.3) is 0 Å². The molecule has 0 radical (unpaired) electrons. The van der Waals surface area contributed by atoms with Crippen LogP contribution in [0.3, 0.4) is 0 Å². The van der Waals surface area contributed by atoms with Crippen molar-refractivity contribution in [1.29, 1.82) is 0 Å². The molecule has 0 aliphatic carbocycles. The fourth-order valence-electron chi connectivity index (χ4n) is 2.87. The maximum Gasteiger partial charge on any atom is 0.328 e. The Bertz CT molecular complexity index is 825. The monoisotopic (exact) mass is 373 g/mol. The third kappa shape index (κ3) is 3.88. The smallest absolute Gasteiger partial charge is 0.328 e. The lowest BCUT2D eigenvalue weighted by molar-refractivity contribution is -0.153. The van der Waals surface area contributed by atoms with Crippen LogP contribution in [0.2, 0.25) is 0 Å². The van der Waals surface area contributed by atoms with Gasteiger partial charge in [-0.05, 0) is 11.1 Å². The Morgan fingerprint density at radius 3 is 2.54 bits per heavy atom. The molecule has 0 bridgehead atoms. The molecule has 0 fully saturated rings. The standard InChI is InChI=1S/C17H19N5O3S/c1-25-16(24)12-6-10-4-2-3-5-11(10)8-22(12)15(23)9-26-17-20-13(18)7-14(19)21-17/h2-5,7,12H,6,8-9H2,1H3,(H4,18,19,20,21)/t12-/m0/s1. The fourth-order valence-corrected chi connectivity index (χ4v) is 3.63. The molecule has 26 heavy (non-hydrogen) atoms. The molecule has 2 aromatic rings. The normalized spacial score (nSPS) is 16.0. The van der Waals surface area contributed by atoms with Crippen molar-refractivity contribution in [3.05, 3.63) is 41.5 Å². The van der Waals surface area contributed by atoms with Gasteiger partial charge in [0.05, 0.1) is 12.9 Å². The number of aromatic nitrogens is 2. The minimum atomic E-state index is -0.644. The predicted molar refractivity (Wildman–Crippen MR) is 98.1 cm³/mol. The van der Waals surface area contributed by atoms with Crippen LogP contribution in [0.25, 0.3) is 0 Å². The van der Waals surface area contributed by atoms with Gasteiger partial charge in [0.15, 0.2) is 5.16 Å². The highest BCUT2D eigenvalue weighted by molar-refractivity contribution is 7.99. The first kappa shape index (κ1) is 18.0. The van der Waals surface area contributed by atoms with Crippen molar-refractivity contribution in [2.75, 3.05) is 24.3 Å². The number of amides is 1. The number of methoxy groups -OCH3 is 1. The second kappa shape index (κ2) is 7.61. The number of nitrogens with zero attached hydrogens (tertiary/aromatic N) is 3. The molecule has 3 rings (SSSR count). The number of carbonyl (C=O) groups is 2. The first-order chi connectivity index (χ1) is 12.5. The van der Waals surface area contributed by atoms with Gasteiger partial charge in [-0.2, -0.15) is 0 Å². The van der Waals surface area contributed by atoms with Crippen LogP contribution in [0.4, 0.5) is 11.6 Å². The molecule has 1 aliphatic rings. The summed E-state index contributed by atoms with van der Waals surface area (Å²) in [5.41, 5.74) is 13.4. The van der Waals surface area contributed by atoms with E-state index >= 15 is 0 Å². The van der Waals surface area contributed by atoms with Crippen molar-refractivity contribution < 1.29 is 14.3 Å². The van der Waals surface area contributed by atoms with Crippen molar-refractivity contribution in [3.63, 3.8) is 0 Å². The number of anilines is 2. The van der Waals surface area contributed by atoms with Crippen LogP contribution in [0.1, 0.15) is 11.1 Å². The number of rotatable bonds is 4. The van der Waals surface area contributed by atoms with Crippen LogP contribution in [0.15, 0.2) is 35.5 Å². The SMILES string of the molecule is COC(=O)[C@@H]1Cc2ccccc2CN1C(=O)CSc1nc(N)cc(N)n1. The molecule has 9 heteroatoms. The molecule has 1 atom stereocenters. The Morgan fingerprint density at radius 2 is 1.88 bits per heavy atom. The second-order valence-electron chi connectivity index (χ2n) is 5.82. The Kier molecular flexibility index (Phi) is 5.27. The minimum Gasteiger partial charge on any atom is -0.467 e. The number of thioether (sulfide) groups is 1. The van der Waals surface area contributed by atoms with Crippen LogP contribution >= 0.6 is 11.8 Å². The number of esters is 1. The number of ether oxygens (including phenoxy) is 1. The molecule has 0 spiro atoms. The largest absolute Gasteiger partial charge is 0.467 e. The van der Waals surface area contributed by atoms with E-state index in [-0.39, 0.29) is 23.3 Å². The van der Waals surface area contributed by atoms with Gasteiger partial charge in [-0.1, -0.05) is 36.0 Å². The molecule has 1 aromatic carbocycles. The van der Waals surface area contributed by atoms with Crippen molar-refractivity contribution in [2.24, 2.45) is 0 Å². The lowest BCUT2D eigenvalue weighted by Gasteiger charge is -2.35. The van der Waals surface area contributed by atoms with E-state index in [1.54, 1.807) is 0 Å². The lowest BCUT2D eigenvalue weighted by Crippen LogP contribution is -2.49. The first-order valence-corrected chi connectivity index (χ1v) is 8.93. The van der Waals surface area contributed by atoms with E-state index in [1.807, 2.05) is 24.3 Å². The number of carbonyl (C=O) groups excluding carboxylic acids is 2. The number of hydrogen-bond acceptors (Lipinski definition) is 8. The van der Waals surface area contributed by atoms with E-state index in [4.69, 9.17) is 16.2 Å². The lowest BCUT2D eigenvalue weighted by atomic mass is 9.94. The van der Waals surface area contributed by atoms with E-state index in [2.05, 4.69) is 9.97 Å². The summed E-state index contributed by atoms with van der Waals surface area (Å²) in [6.45, 7) is 0.356. The topological polar surface area (TPSA) is 124 Å². The zero-order valence-electron chi connectivity index (χ0n) is 14.2. The van der Waals surface area contributed by atoms with Crippen molar-refractivity contribution in [1.82, 2.24) is 14.9 Å². The zero-order chi connectivity index (χ0) is 18.7. The Labute approximate surface area is 154 Å². The average molecular weight is 373 g/mol. The van der Waals surface area contributed by atoms with Crippen LogP contribution in [0, 0.1) is 0 Å². The third-order valence-corrected chi connectivity index (χ3v) is 4.94. The average Bonchev–Trinajstić information content (AvgIpc) is 2.63. The molecule has 4 N–H and O–H groups in total. The predicted octanol–water partition coefficient (Wildman–Crippen LogP) is 0.860. The molecule has 0 unspecified atom stereocenters. The van der Waals surface area contributed by atoms with E-state index < -0.39 is 12.0 Å². The maximum absolute atomic E-state index is 12.8. The molecule has 1 amide bonds. The molecule has 136 valence electrons. The Balaban J connectivity index is 1.76. The second-order valence-corrected chi connectivity index (χ2v) is 6.76. The fraction of sp³-hybridized carbons (Fsp3) is 0.294. The molecule has 8 nitrogen and oxygen atoms in total. The number of fused-ring (bicyclic) bond motifs is 1. The number of nitrogen functional groups attached to an aromatic ring is 2. The number of hydrogen-bond donors (Lipinski definition) is 2. The van der Waals surface area contributed by atoms with Gasteiger partial charge in [0, 0.05) is 19.0 Å². The Morgan fingerprint density at radius 1 is 1.23 bits per heavy atom. The minimum absolute atomic E-state index is 0.0680. The van der Waals surface area contributed by atoms with Gasteiger partial charge in [-0.15, -0.1) is 0 Å². The van der Waals surface area contributed by atoms with E-state index in [1.165, 1.54) is 18.1 Å². The molecule has 2 heterocycles. The molecular formula is C17H19N5O3S. The Hall–Kier alpha value is -2.81. The van der Waals surface area contributed by atoms with Gasteiger partial charge >= 0.3 is 5.97 Å². The highest BCUT2D eigenvalue weighted by atomic mass is 32.2. The van der Waals surface area contributed by atoms with Gasteiger partial charge in [0.2, 0.25) is 5.91 Å². The molecule has 1 aromatic heterocycles. The number of nitrogens with two attached hydrogens (primary N) is 2. The molecular weight excluding hydrogens is 354 g/mol. The van der Waals surface area contributed by atoms with Gasteiger partial charge in [-0.25, -0.2) is 14.8 Å². The molecule has 1 aliphatic heterocycles. The highest BCUT2D eigenvalue weighted by Crippen LogP contribution is 2.26. The number of benzene rings is 1. The summed E-state index contributed by atoms with van der Waals surface area (Å²) < 4.78 is 4.88. The summed E-state index contributed by atoms with van der Waals surface area (Å²) in [4.78, 5) is 34.6. The van der Waals surface area contributed by atoms with Crippen LogP contribution in [-0.4, -0.2) is 45.6 Å². The summed E-state index contributed by atoms with van der Waals surface area (Å²) in [6, 6.07) is 8.55. The highest BCUT2D eigenvalue weighted by Gasteiger charge is 2.35. The maximum atomic E-state index is 12.8. The van der Waals surface area contributed by atoms with Crippen LogP contribution in [-0.2, 0) is 27.3 Å². The quantitative estimate of drug-likeness (QED) is 0.459. The van der Waals surface area contributed by atoms with Crippen molar-refractivity contribution in [2.45, 2.75) is 24.2 Å². The molecule has 0 saturated heterocycles. The molecule has 0 saturated carbocycles. The summed E-state index contributed by atoms with van der Waals surface area (Å²) in [5, 5.41) is 0.322. The van der Waals surface area contributed by atoms with E-state index in [0.29, 0.717) is 18.1 Å². The van der Waals surface area contributed by atoms with Crippen molar-refractivity contribution in [3.8, 4) is 0 Å².